The van der Waals surface area contributed by atoms with Crippen molar-refractivity contribution < 1.29 is 4.74 Å². The third-order valence-electron chi connectivity index (χ3n) is 4.34. The number of hydrogen-bond acceptors (Lipinski definition) is 2. The largest absolute Gasteiger partial charge is 0.488 e. The van der Waals surface area contributed by atoms with E-state index in [1.165, 1.54) is 16.7 Å². The molecule has 2 nitrogen and oxygen atoms in total. The van der Waals surface area contributed by atoms with Gasteiger partial charge in [0.15, 0.2) is 0 Å². The molecular weight excluding hydrogens is 294 g/mol. The van der Waals surface area contributed by atoms with Crippen LogP contribution in [0.5, 0.6) is 5.75 Å². The molecule has 0 saturated heterocycles. The van der Waals surface area contributed by atoms with Gasteiger partial charge in [0, 0.05) is 12.1 Å². The van der Waals surface area contributed by atoms with Gasteiger partial charge in [-0.1, -0.05) is 60.7 Å². The van der Waals surface area contributed by atoms with Crippen LogP contribution in [0.25, 0.3) is 11.1 Å². The fraction of sp³-hybridized carbons (Fsp3) is 0.182. The minimum atomic E-state index is 0.509. The van der Waals surface area contributed by atoms with Crippen molar-refractivity contribution in [2.24, 2.45) is 5.73 Å². The Morgan fingerprint density at radius 2 is 1.58 bits per heavy atom. The Morgan fingerprint density at radius 1 is 0.792 bits per heavy atom. The maximum Gasteiger partial charge on any atom is 0.127 e. The second kappa shape index (κ2) is 7.33. The summed E-state index contributed by atoms with van der Waals surface area (Å²) in [4.78, 5) is 0. The summed E-state index contributed by atoms with van der Waals surface area (Å²) in [7, 11) is 0. The number of nitrogens with two attached hydrogens (primary N) is 1. The summed E-state index contributed by atoms with van der Waals surface area (Å²) in [5.74, 6) is 0.880. The Balaban J connectivity index is 1.94. The molecule has 0 saturated carbocycles. The Hall–Kier alpha value is -2.58. The first kappa shape index (κ1) is 16.3. The summed E-state index contributed by atoms with van der Waals surface area (Å²) in [6, 6.07) is 22.9. The highest BCUT2D eigenvalue weighted by molar-refractivity contribution is 5.72. The van der Waals surface area contributed by atoms with Crippen LogP contribution in [0.3, 0.4) is 0 Å². The summed E-state index contributed by atoms with van der Waals surface area (Å²) in [5.41, 5.74) is 12.9. The predicted octanol–water partition coefficient (Wildman–Crippen LogP) is 5.01. The Morgan fingerprint density at radius 3 is 2.29 bits per heavy atom. The fourth-order valence-electron chi connectivity index (χ4n) is 2.70. The number of aryl methyl sites for hydroxylation is 2. The van der Waals surface area contributed by atoms with Gasteiger partial charge in [0.25, 0.3) is 0 Å². The molecule has 3 aromatic carbocycles. The highest BCUT2D eigenvalue weighted by atomic mass is 16.5. The molecular formula is C22H23NO. The van der Waals surface area contributed by atoms with Crippen molar-refractivity contribution in [1.29, 1.82) is 0 Å². The lowest BCUT2D eigenvalue weighted by Crippen LogP contribution is -2.01. The Labute approximate surface area is 143 Å². The molecule has 122 valence electrons. The zero-order valence-electron chi connectivity index (χ0n) is 14.3. The summed E-state index contributed by atoms with van der Waals surface area (Å²) in [5, 5.41) is 0. The second-order valence-electron chi connectivity index (χ2n) is 6.11. The average Bonchev–Trinajstić information content (AvgIpc) is 2.63. The van der Waals surface area contributed by atoms with E-state index in [9.17, 15) is 0 Å². The number of hydrogen-bond donors (Lipinski definition) is 1. The first-order valence-corrected chi connectivity index (χ1v) is 8.24. The van der Waals surface area contributed by atoms with Gasteiger partial charge in [-0.3, -0.25) is 0 Å². The normalized spacial score (nSPS) is 10.6. The summed E-state index contributed by atoms with van der Waals surface area (Å²) in [6.07, 6.45) is 0. The van der Waals surface area contributed by atoms with E-state index in [-0.39, 0.29) is 0 Å². The topological polar surface area (TPSA) is 35.2 Å². The van der Waals surface area contributed by atoms with Gasteiger partial charge in [-0.2, -0.15) is 0 Å². The molecule has 0 aliphatic rings. The molecule has 0 amide bonds. The van der Waals surface area contributed by atoms with E-state index in [1.807, 2.05) is 24.3 Å². The number of ether oxygens (including phenoxy) is 1. The van der Waals surface area contributed by atoms with Crippen molar-refractivity contribution in [1.82, 2.24) is 0 Å². The van der Waals surface area contributed by atoms with Gasteiger partial charge in [-0.25, -0.2) is 0 Å². The molecule has 0 unspecified atom stereocenters. The van der Waals surface area contributed by atoms with E-state index >= 15 is 0 Å². The third kappa shape index (κ3) is 3.66. The zero-order valence-corrected chi connectivity index (χ0v) is 14.3. The van der Waals surface area contributed by atoms with Gasteiger partial charge in [0.2, 0.25) is 0 Å². The van der Waals surface area contributed by atoms with Crippen LogP contribution in [0.15, 0.2) is 66.7 Å². The zero-order chi connectivity index (χ0) is 16.9. The summed E-state index contributed by atoms with van der Waals surface area (Å²) in [6.45, 7) is 5.32. The predicted molar refractivity (Wildman–Crippen MR) is 100 cm³/mol. The van der Waals surface area contributed by atoms with Crippen molar-refractivity contribution in [3.05, 3.63) is 89.0 Å². The van der Waals surface area contributed by atoms with Gasteiger partial charge < -0.3 is 10.5 Å². The molecule has 0 spiro atoms. The molecule has 3 rings (SSSR count). The Bertz CT molecular complexity index is 825. The van der Waals surface area contributed by atoms with Crippen LogP contribution in [0.2, 0.25) is 0 Å². The van der Waals surface area contributed by atoms with Crippen molar-refractivity contribution in [2.75, 3.05) is 0 Å². The van der Waals surface area contributed by atoms with Gasteiger partial charge in [-0.15, -0.1) is 0 Å². The van der Waals surface area contributed by atoms with E-state index in [2.05, 4.69) is 56.3 Å². The molecule has 3 aromatic rings. The fourth-order valence-corrected chi connectivity index (χ4v) is 2.70. The Kier molecular flexibility index (Phi) is 4.97. The lowest BCUT2D eigenvalue weighted by molar-refractivity contribution is 0.307. The molecule has 0 aliphatic heterocycles. The van der Waals surface area contributed by atoms with Crippen molar-refractivity contribution in [2.45, 2.75) is 27.0 Å². The molecule has 2 N–H and O–H groups in total. The second-order valence-corrected chi connectivity index (χ2v) is 6.11. The van der Waals surface area contributed by atoms with Crippen LogP contribution in [0.4, 0.5) is 0 Å². The lowest BCUT2D eigenvalue weighted by Gasteiger charge is -2.14. The van der Waals surface area contributed by atoms with Crippen LogP contribution in [-0.2, 0) is 13.2 Å². The highest BCUT2D eigenvalue weighted by Gasteiger charge is 2.09. The van der Waals surface area contributed by atoms with Gasteiger partial charge >= 0.3 is 0 Å². The monoisotopic (exact) mass is 317 g/mol. The van der Waals surface area contributed by atoms with Crippen molar-refractivity contribution >= 4 is 0 Å². The van der Waals surface area contributed by atoms with E-state index in [0.717, 1.165) is 22.4 Å². The minimum absolute atomic E-state index is 0.509. The molecule has 2 heteroatoms. The maximum atomic E-state index is 6.13. The first-order valence-electron chi connectivity index (χ1n) is 8.24. The van der Waals surface area contributed by atoms with Gasteiger partial charge in [0.05, 0.1) is 0 Å². The minimum Gasteiger partial charge on any atom is -0.488 e. The van der Waals surface area contributed by atoms with E-state index in [1.54, 1.807) is 0 Å². The molecule has 24 heavy (non-hydrogen) atoms. The van der Waals surface area contributed by atoms with Crippen LogP contribution < -0.4 is 10.5 Å². The molecule has 0 bridgehead atoms. The maximum absolute atomic E-state index is 6.13. The van der Waals surface area contributed by atoms with Gasteiger partial charge in [0.1, 0.15) is 12.4 Å². The smallest absolute Gasteiger partial charge is 0.127 e. The van der Waals surface area contributed by atoms with Crippen molar-refractivity contribution in [3.8, 4) is 16.9 Å². The summed E-state index contributed by atoms with van der Waals surface area (Å²) >= 11 is 0. The molecule has 0 aliphatic carbocycles. The summed E-state index contributed by atoms with van der Waals surface area (Å²) < 4.78 is 6.13. The van der Waals surface area contributed by atoms with Gasteiger partial charge in [-0.05, 0) is 47.7 Å². The average molecular weight is 317 g/mol. The lowest BCUT2D eigenvalue weighted by atomic mass is 9.98. The molecule has 0 fully saturated rings. The van der Waals surface area contributed by atoms with Crippen LogP contribution in [-0.4, -0.2) is 0 Å². The van der Waals surface area contributed by atoms with E-state index in [0.29, 0.717) is 13.2 Å². The first-order chi connectivity index (χ1) is 11.7. The number of rotatable bonds is 5. The SMILES string of the molecule is Cc1ccc(-c2ccc(CN)cc2OCc2ccccc2)cc1C. The molecule has 0 radical (unpaired) electrons. The third-order valence-corrected chi connectivity index (χ3v) is 4.34. The molecule has 0 heterocycles. The standard InChI is InChI=1S/C22H23NO/c1-16-8-10-20(12-17(16)2)21-11-9-19(14-23)13-22(21)24-15-18-6-4-3-5-7-18/h3-13H,14-15,23H2,1-2H3. The van der Waals surface area contributed by atoms with Crippen LogP contribution in [0.1, 0.15) is 22.3 Å². The highest BCUT2D eigenvalue weighted by Crippen LogP contribution is 2.32. The van der Waals surface area contributed by atoms with E-state index in [4.69, 9.17) is 10.5 Å². The quantitative estimate of drug-likeness (QED) is 0.718. The van der Waals surface area contributed by atoms with Crippen LogP contribution >= 0.6 is 0 Å². The molecule has 0 aromatic heterocycles. The molecule has 0 atom stereocenters. The van der Waals surface area contributed by atoms with Crippen molar-refractivity contribution in [3.63, 3.8) is 0 Å². The van der Waals surface area contributed by atoms with Crippen LogP contribution in [0, 0.1) is 13.8 Å². The number of benzene rings is 3. The van der Waals surface area contributed by atoms with E-state index < -0.39 is 0 Å².